The highest BCUT2D eigenvalue weighted by molar-refractivity contribution is 8.18. The lowest BCUT2D eigenvalue weighted by molar-refractivity contribution is -0.307. The SMILES string of the molecule is CCN1C(=O)/C(=C\c2ccc(OCC(=O)[O-])cc2)SC1=Nc1cccc(Cl)c1. The number of nitrogens with zero attached hydrogens (tertiary/aromatic N) is 2. The van der Waals surface area contributed by atoms with Crippen LogP contribution in [0, 0.1) is 0 Å². The van der Waals surface area contributed by atoms with Crippen molar-refractivity contribution in [1.29, 1.82) is 0 Å². The minimum atomic E-state index is -1.29. The maximum Gasteiger partial charge on any atom is 0.266 e. The van der Waals surface area contributed by atoms with E-state index in [1.807, 2.05) is 13.0 Å². The zero-order valence-electron chi connectivity index (χ0n) is 14.9. The van der Waals surface area contributed by atoms with Gasteiger partial charge < -0.3 is 14.6 Å². The fourth-order valence-corrected chi connectivity index (χ4v) is 3.73. The summed E-state index contributed by atoms with van der Waals surface area (Å²) in [4.78, 5) is 29.8. The summed E-state index contributed by atoms with van der Waals surface area (Å²) in [6.45, 7) is 1.88. The van der Waals surface area contributed by atoms with Gasteiger partial charge in [-0.1, -0.05) is 29.8 Å². The number of halogens is 1. The van der Waals surface area contributed by atoms with Crippen molar-refractivity contribution in [3.63, 3.8) is 0 Å². The number of aliphatic imine (C=N–C) groups is 1. The summed E-state index contributed by atoms with van der Waals surface area (Å²) >= 11 is 7.30. The molecule has 2 aromatic carbocycles. The quantitative estimate of drug-likeness (QED) is 0.677. The van der Waals surface area contributed by atoms with Crippen LogP contribution in [-0.2, 0) is 9.59 Å². The Hall–Kier alpha value is -2.77. The number of carboxylic acid groups (broad SMARTS) is 1. The van der Waals surface area contributed by atoms with Gasteiger partial charge >= 0.3 is 0 Å². The van der Waals surface area contributed by atoms with Gasteiger partial charge in [-0.3, -0.25) is 9.69 Å². The number of hydrogen-bond acceptors (Lipinski definition) is 6. The number of amides is 1. The molecule has 0 bridgehead atoms. The van der Waals surface area contributed by atoms with Crippen LogP contribution in [0.15, 0.2) is 58.4 Å². The lowest BCUT2D eigenvalue weighted by Gasteiger charge is -2.12. The van der Waals surface area contributed by atoms with Crippen molar-refractivity contribution >= 4 is 52.2 Å². The van der Waals surface area contributed by atoms with Crippen molar-refractivity contribution in [2.45, 2.75) is 6.92 Å². The van der Waals surface area contributed by atoms with Crippen molar-refractivity contribution < 1.29 is 19.4 Å². The predicted octanol–water partition coefficient (Wildman–Crippen LogP) is 3.09. The Bertz CT molecular complexity index is 957. The number of aliphatic carboxylic acids is 1. The molecule has 8 heteroatoms. The second-order valence-electron chi connectivity index (χ2n) is 5.76. The molecule has 6 nitrogen and oxygen atoms in total. The van der Waals surface area contributed by atoms with Crippen molar-refractivity contribution in [3.8, 4) is 5.75 Å². The van der Waals surface area contributed by atoms with E-state index in [0.29, 0.717) is 33.1 Å². The molecule has 1 amide bonds. The normalized spacial score (nSPS) is 16.8. The fraction of sp³-hybridized carbons (Fsp3) is 0.150. The minimum Gasteiger partial charge on any atom is -0.546 e. The lowest BCUT2D eigenvalue weighted by Crippen LogP contribution is -2.28. The molecular weight excluding hydrogens is 400 g/mol. The van der Waals surface area contributed by atoms with Gasteiger partial charge in [-0.05, 0) is 60.7 Å². The first-order valence-electron chi connectivity index (χ1n) is 8.44. The average Bonchev–Trinajstić information content (AvgIpc) is 2.95. The molecular formula is C20H16ClN2O4S-. The first-order chi connectivity index (χ1) is 13.5. The van der Waals surface area contributed by atoms with Crippen LogP contribution in [0.2, 0.25) is 5.02 Å². The maximum absolute atomic E-state index is 12.7. The number of carbonyl (C=O) groups is 2. The van der Waals surface area contributed by atoms with Gasteiger partial charge in [0.2, 0.25) is 0 Å². The van der Waals surface area contributed by atoms with E-state index in [1.54, 1.807) is 53.4 Å². The molecule has 144 valence electrons. The number of carbonyl (C=O) groups excluding carboxylic acids is 2. The summed E-state index contributed by atoms with van der Waals surface area (Å²) < 4.78 is 5.05. The van der Waals surface area contributed by atoms with Gasteiger partial charge in [-0.15, -0.1) is 0 Å². The zero-order chi connectivity index (χ0) is 20.1. The van der Waals surface area contributed by atoms with Gasteiger partial charge in [0, 0.05) is 11.6 Å². The number of ether oxygens (including phenoxy) is 1. The summed E-state index contributed by atoms with van der Waals surface area (Å²) in [7, 11) is 0. The molecule has 0 radical (unpaired) electrons. The number of hydrogen-bond donors (Lipinski definition) is 0. The summed E-state index contributed by atoms with van der Waals surface area (Å²) in [6.07, 6.45) is 1.76. The van der Waals surface area contributed by atoms with E-state index in [4.69, 9.17) is 16.3 Å². The van der Waals surface area contributed by atoms with Crippen molar-refractivity contribution in [3.05, 3.63) is 64.0 Å². The summed E-state index contributed by atoms with van der Waals surface area (Å²) in [6, 6.07) is 13.9. The number of benzene rings is 2. The number of likely N-dealkylation sites (N-methyl/N-ethyl adjacent to an activating group) is 1. The Balaban J connectivity index is 1.80. The highest BCUT2D eigenvalue weighted by atomic mass is 35.5. The third-order valence-corrected chi connectivity index (χ3v) is 5.01. The Kier molecular flexibility index (Phi) is 6.38. The Morgan fingerprint density at radius 2 is 2.04 bits per heavy atom. The molecule has 1 heterocycles. The monoisotopic (exact) mass is 415 g/mol. The van der Waals surface area contributed by atoms with E-state index in [9.17, 15) is 14.7 Å². The molecule has 0 aliphatic carbocycles. The molecule has 3 rings (SSSR count). The molecule has 0 aromatic heterocycles. The molecule has 0 spiro atoms. The van der Waals surface area contributed by atoms with Gasteiger partial charge in [-0.2, -0.15) is 0 Å². The third kappa shape index (κ3) is 4.94. The molecule has 1 fully saturated rings. The summed E-state index contributed by atoms with van der Waals surface area (Å²) in [5.74, 6) is -0.994. The molecule has 1 aliphatic heterocycles. The molecule has 0 saturated carbocycles. The number of amidine groups is 1. The van der Waals surface area contributed by atoms with Gasteiger partial charge in [-0.25, -0.2) is 4.99 Å². The van der Waals surface area contributed by atoms with Crippen molar-refractivity contribution in [2.75, 3.05) is 13.2 Å². The van der Waals surface area contributed by atoms with E-state index in [1.165, 1.54) is 11.8 Å². The van der Waals surface area contributed by atoms with Crippen LogP contribution in [0.5, 0.6) is 5.75 Å². The lowest BCUT2D eigenvalue weighted by atomic mass is 10.2. The second kappa shape index (κ2) is 8.95. The van der Waals surface area contributed by atoms with E-state index in [2.05, 4.69) is 4.99 Å². The standard InChI is InChI=1S/C20H17ClN2O4S/c1-2-23-19(26)17(28-20(23)22-15-5-3-4-14(21)11-15)10-13-6-8-16(9-7-13)27-12-18(24)25/h3-11H,2,12H2,1H3,(H,24,25)/p-1/b17-10+,22-20?. The van der Waals surface area contributed by atoms with E-state index < -0.39 is 12.6 Å². The highest BCUT2D eigenvalue weighted by Gasteiger charge is 2.32. The molecule has 1 aliphatic rings. The van der Waals surface area contributed by atoms with Gasteiger partial charge in [0.05, 0.1) is 16.6 Å². The molecule has 0 unspecified atom stereocenters. The van der Waals surface area contributed by atoms with Crippen molar-refractivity contribution in [2.24, 2.45) is 4.99 Å². The van der Waals surface area contributed by atoms with Gasteiger partial charge in [0.25, 0.3) is 5.91 Å². The first kappa shape index (κ1) is 20.0. The Morgan fingerprint density at radius 1 is 1.29 bits per heavy atom. The average molecular weight is 416 g/mol. The van der Waals surface area contributed by atoms with Crippen LogP contribution in [0.25, 0.3) is 6.08 Å². The molecule has 0 N–H and O–H groups in total. The largest absolute Gasteiger partial charge is 0.546 e. The zero-order valence-corrected chi connectivity index (χ0v) is 16.5. The molecule has 0 atom stereocenters. The van der Waals surface area contributed by atoms with Crippen LogP contribution in [0.3, 0.4) is 0 Å². The summed E-state index contributed by atoms with van der Waals surface area (Å²) in [5.41, 5.74) is 1.47. The van der Waals surface area contributed by atoms with E-state index in [0.717, 1.165) is 5.56 Å². The van der Waals surface area contributed by atoms with Crippen LogP contribution < -0.4 is 9.84 Å². The third-order valence-electron chi connectivity index (χ3n) is 3.77. The van der Waals surface area contributed by atoms with E-state index in [-0.39, 0.29) is 5.91 Å². The van der Waals surface area contributed by atoms with Gasteiger partial charge in [0.1, 0.15) is 12.4 Å². The van der Waals surface area contributed by atoms with Crippen LogP contribution >= 0.6 is 23.4 Å². The number of thioether (sulfide) groups is 1. The second-order valence-corrected chi connectivity index (χ2v) is 7.21. The Morgan fingerprint density at radius 3 is 2.68 bits per heavy atom. The van der Waals surface area contributed by atoms with Crippen LogP contribution in [0.4, 0.5) is 5.69 Å². The van der Waals surface area contributed by atoms with E-state index >= 15 is 0 Å². The first-order valence-corrected chi connectivity index (χ1v) is 9.64. The topological polar surface area (TPSA) is 82.0 Å². The van der Waals surface area contributed by atoms with Crippen molar-refractivity contribution in [1.82, 2.24) is 4.90 Å². The van der Waals surface area contributed by atoms with Gasteiger partial charge in [0.15, 0.2) is 5.17 Å². The number of carboxylic acids is 1. The fourth-order valence-electron chi connectivity index (χ4n) is 2.48. The minimum absolute atomic E-state index is 0.120. The van der Waals surface area contributed by atoms with Crippen LogP contribution in [-0.4, -0.2) is 35.1 Å². The smallest absolute Gasteiger partial charge is 0.266 e. The predicted molar refractivity (Wildman–Crippen MR) is 108 cm³/mol. The molecule has 2 aromatic rings. The Labute approximate surface area is 171 Å². The maximum atomic E-state index is 12.7. The van der Waals surface area contributed by atoms with Crippen LogP contribution in [0.1, 0.15) is 12.5 Å². The molecule has 28 heavy (non-hydrogen) atoms. The summed E-state index contributed by atoms with van der Waals surface area (Å²) in [5, 5.41) is 11.6. The highest BCUT2D eigenvalue weighted by Crippen LogP contribution is 2.34. The molecule has 1 saturated heterocycles. The number of rotatable bonds is 6.